The summed E-state index contributed by atoms with van der Waals surface area (Å²) in [6, 6.07) is 4.03. The van der Waals surface area contributed by atoms with Gasteiger partial charge >= 0.3 is 16.3 Å². The molecule has 6 atom stereocenters. The molecular weight excluding hydrogens is 442 g/mol. The molecule has 0 aliphatic heterocycles. The highest BCUT2D eigenvalue weighted by molar-refractivity contribution is 7.85. The quantitative estimate of drug-likeness (QED) is 0.603. The topological polar surface area (TPSA) is 98.8 Å². The van der Waals surface area contributed by atoms with Gasteiger partial charge in [0.2, 0.25) is 0 Å². The van der Waals surface area contributed by atoms with E-state index in [-0.39, 0.29) is 35.9 Å². The van der Waals surface area contributed by atoms with E-state index < -0.39 is 10.3 Å². The van der Waals surface area contributed by atoms with Gasteiger partial charge in [0.15, 0.2) is 0 Å². The summed E-state index contributed by atoms with van der Waals surface area (Å²) < 4.78 is 36.6. The first-order valence-corrected chi connectivity index (χ1v) is 13.6. The van der Waals surface area contributed by atoms with Crippen LogP contribution < -0.4 is 8.91 Å². The van der Waals surface area contributed by atoms with Crippen LogP contribution in [0.3, 0.4) is 0 Å². The van der Waals surface area contributed by atoms with Crippen molar-refractivity contribution in [2.45, 2.75) is 65.2 Å². The SMILES string of the molecule is CCOC(=O)CC1CC2C3CCc4cc(OS(=O)(=O)NC)c(CC)cc4C3C[C@@H](C)C2C1=O. The highest BCUT2D eigenvalue weighted by Crippen LogP contribution is 2.58. The third kappa shape index (κ3) is 4.56. The summed E-state index contributed by atoms with van der Waals surface area (Å²) in [5.41, 5.74) is 3.31. The molecule has 3 aliphatic rings. The smallest absolute Gasteiger partial charge is 0.382 e. The van der Waals surface area contributed by atoms with Crippen LogP contribution in [0.25, 0.3) is 0 Å². The molecule has 0 saturated heterocycles. The second-order valence-corrected chi connectivity index (χ2v) is 11.3. The molecule has 0 amide bonds. The molecule has 2 fully saturated rings. The van der Waals surface area contributed by atoms with Gasteiger partial charge in [0.25, 0.3) is 0 Å². The van der Waals surface area contributed by atoms with Crippen molar-refractivity contribution < 1.29 is 26.9 Å². The molecule has 0 radical (unpaired) electrons. The summed E-state index contributed by atoms with van der Waals surface area (Å²) in [5.74, 6) is 1.49. The van der Waals surface area contributed by atoms with E-state index in [0.29, 0.717) is 36.5 Å². The monoisotopic (exact) mass is 477 g/mol. The predicted molar refractivity (Wildman–Crippen MR) is 124 cm³/mol. The lowest BCUT2D eigenvalue weighted by Crippen LogP contribution is -2.40. The Hall–Kier alpha value is -1.93. The second-order valence-electron chi connectivity index (χ2n) is 9.81. The number of Topliss-reactive ketones (excluding diaryl/α,β-unsaturated/α-hetero) is 1. The average Bonchev–Trinajstić information content (AvgIpc) is 3.09. The average molecular weight is 478 g/mol. The number of carbonyl (C=O) groups excluding carboxylic acids is 2. The zero-order valence-electron chi connectivity index (χ0n) is 19.9. The summed E-state index contributed by atoms with van der Waals surface area (Å²) in [6.45, 7) is 6.29. The minimum atomic E-state index is -3.83. The lowest BCUT2D eigenvalue weighted by atomic mass is 9.57. The third-order valence-corrected chi connectivity index (χ3v) is 8.97. The molecule has 0 heterocycles. The van der Waals surface area contributed by atoms with E-state index in [4.69, 9.17) is 8.92 Å². The van der Waals surface area contributed by atoms with Crippen LogP contribution in [-0.4, -0.2) is 33.8 Å². The number of aryl methyl sites for hydroxylation is 2. The molecular formula is C25H35NO6S. The van der Waals surface area contributed by atoms with E-state index in [0.717, 1.165) is 36.8 Å². The summed E-state index contributed by atoms with van der Waals surface area (Å²) in [6.07, 6.45) is 4.38. The standard InChI is InChI=1S/C25H35NO6S/c1-5-15-10-19-16(12-22(15)32-33(29,30)26-4)7-8-18-20(19)9-14(3)24-21(18)11-17(25(24)28)13-23(27)31-6-2/h10,12,14,17-18,20-21,24,26H,5-9,11,13H2,1-4H3/t14-,17?,18?,20?,21?,24?/m1/s1. The molecule has 0 bridgehead atoms. The second kappa shape index (κ2) is 9.37. The number of hydrogen-bond acceptors (Lipinski definition) is 6. The number of ether oxygens (including phenoxy) is 1. The largest absolute Gasteiger partial charge is 0.466 e. The van der Waals surface area contributed by atoms with Crippen LogP contribution in [0.15, 0.2) is 12.1 Å². The summed E-state index contributed by atoms with van der Waals surface area (Å²) in [5, 5.41) is 0. The van der Waals surface area contributed by atoms with Crippen LogP contribution in [0.1, 0.15) is 69.1 Å². The molecule has 182 valence electrons. The fourth-order valence-electron chi connectivity index (χ4n) is 6.70. The molecule has 1 N–H and O–H groups in total. The molecule has 5 unspecified atom stereocenters. The molecule has 3 aliphatic carbocycles. The summed E-state index contributed by atoms with van der Waals surface area (Å²) in [4.78, 5) is 25.3. The minimum Gasteiger partial charge on any atom is -0.466 e. The van der Waals surface area contributed by atoms with E-state index >= 15 is 0 Å². The fraction of sp³-hybridized carbons (Fsp3) is 0.680. The first-order chi connectivity index (χ1) is 15.7. The number of benzene rings is 1. The molecule has 0 aromatic heterocycles. The zero-order chi connectivity index (χ0) is 23.9. The van der Waals surface area contributed by atoms with Crippen molar-refractivity contribution in [3.05, 3.63) is 28.8 Å². The number of esters is 1. The Morgan fingerprint density at radius 2 is 1.94 bits per heavy atom. The van der Waals surface area contributed by atoms with E-state index in [2.05, 4.69) is 17.7 Å². The molecule has 1 aromatic rings. The van der Waals surface area contributed by atoms with Gasteiger partial charge in [0.1, 0.15) is 11.5 Å². The first-order valence-electron chi connectivity index (χ1n) is 12.2. The number of fused-ring (bicyclic) bond motifs is 5. The first kappa shape index (κ1) is 24.2. The Labute approximate surface area is 196 Å². The van der Waals surface area contributed by atoms with E-state index in [1.165, 1.54) is 12.6 Å². The molecule has 1 aromatic carbocycles. The van der Waals surface area contributed by atoms with Gasteiger partial charge in [-0.05, 0) is 85.5 Å². The lowest BCUT2D eigenvalue weighted by Gasteiger charge is -2.46. The van der Waals surface area contributed by atoms with Crippen molar-refractivity contribution >= 4 is 22.1 Å². The Morgan fingerprint density at radius 3 is 2.61 bits per heavy atom. The van der Waals surface area contributed by atoms with Crippen molar-refractivity contribution in [3.8, 4) is 5.75 Å². The van der Waals surface area contributed by atoms with Crippen LogP contribution in [0.5, 0.6) is 5.75 Å². The number of ketones is 1. The third-order valence-electron chi connectivity index (χ3n) is 8.07. The van der Waals surface area contributed by atoms with Crippen LogP contribution in [-0.2, 0) is 37.5 Å². The maximum atomic E-state index is 13.2. The Kier molecular flexibility index (Phi) is 6.87. The maximum absolute atomic E-state index is 13.2. The van der Waals surface area contributed by atoms with Crippen molar-refractivity contribution in [2.75, 3.05) is 13.7 Å². The molecule has 4 rings (SSSR count). The zero-order valence-corrected chi connectivity index (χ0v) is 20.7. The van der Waals surface area contributed by atoms with Crippen molar-refractivity contribution in [1.82, 2.24) is 4.72 Å². The van der Waals surface area contributed by atoms with Crippen molar-refractivity contribution in [2.24, 2.45) is 29.6 Å². The van der Waals surface area contributed by atoms with E-state index in [9.17, 15) is 18.0 Å². The summed E-state index contributed by atoms with van der Waals surface area (Å²) >= 11 is 0. The highest BCUT2D eigenvalue weighted by atomic mass is 32.2. The van der Waals surface area contributed by atoms with Crippen LogP contribution >= 0.6 is 0 Å². The number of rotatable bonds is 7. The number of carbonyl (C=O) groups is 2. The van der Waals surface area contributed by atoms with Crippen molar-refractivity contribution in [3.63, 3.8) is 0 Å². The highest BCUT2D eigenvalue weighted by Gasteiger charge is 2.54. The predicted octanol–water partition coefficient (Wildman–Crippen LogP) is 3.55. The van der Waals surface area contributed by atoms with Crippen LogP contribution in [0.2, 0.25) is 0 Å². The fourth-order valence-corrected chi connectivity index (χ4v) is 7.17. The summed E-state index contributed by atoms with van der Waals surface area (Å²) in [7, 11) is -2.49. The molecule has 0 spiro atoms. The van der Waals surface area contributed by atoms with Crippen molar-refractivity contribution in [1.29, 1.82) is 0 Å². The van der Waals surface area contributed by atoms with Gasteiger partial charge in [-0.2, -0.15) is 13.1 Å². The van der Waals surface area contributed by atoms with E-state index in [1.807, 2.05) is 13.0 Å². The van der Waals surface area contributed by atoms with Crippen LogP contribution in [0.4, 0.5) is 0 Å². The van der Waals surface area contributed by atoms with Gasteiger partial charge in [-0.25, -0.2) is 0 Å². The van der Waals surface area contributed by atoms with Gasteiger partial charge in [-0.15, -0.1) is 0 Å². The van der Waals surface area contributed by atoms with Gasteiger partial charge in [0.05, 0.1) is 13.0 Å². The number of nitrogens with one attached hydrogen (secondary N) is 1. The normalized spacial score (nSPS) is 30.8. The Morgan fingerprint density at radius 1 is 1.18 bits per heavy atom. The minimum absolute atomic E-state index is 0.0289. The molecule has 8 heteroatoms. The Bertz CT molecular complexity index is 1040. The van der Waals surface area contributed by atoms with Gasteiger partial charge < -0.3 is 8.92 Å². The molecule has 2 saturated carbocycles. The molecule has 7 nitrogen and oxygen atoms in total. The maximum Gasteiger partial charge on any atom is 0.382 e. The lowest BCUT2D eigenvalue weighted by molar-refractivity contribution is -0.146. The van der Waals surface area contributed by atoms with Gasteiger partial charge in [0, 0.05) is 18.9 Å². The van der Waals surface area contributed by atoms with Gasteiger partial charge in [-0.1, -0.05) is 19.9 Å². The number of hydrogen-bond donors (Lipinski definition) is 1. The Balaban J connectivity index is 1.62. The van der Waals surface area contributed by atoms with E-state index in [1.54, 1.807) is 6.92 Å². The van der Waals surface area contributed by atoms with Crippen LogP contribution in [0, 0.1) is 29.6 Å². The molecule has 33 heavy (non-hydrogen) atoms. The van der Waals surface area contributed by atoms with Gasteiger partial charge in [-0.3, -0.25) is 9.59 Å².